The quantitative estimate of drug-likeness (QED) is 0.390. The molecular formula is C17H28O4. The molecule has 1 unspecified atom stereocenters. The molecule has 1 atom stereocenters. The van der Waals surface area contributed by atoms with Gasteiger partial charge in [0.1, 0.15) is 0 Å². The number of hydrogen-bond donors (Lipinski definition) is 2. The Morgan fingerprint density at radius 1 is 0.905 bits per heavy atom. The van der Waals surface area contributed by atoms with E-state index in [1.165, 1.54) is 25.7 Å². The Morgan fingerprint density at radius 2 is 1.52 bits per heavy atom. The zero-order valence-electron chi connectivity index (χ0n) is 13.0. The molecule has 0 aromatic rings. The van der Waals surface area contributed by atoms with Crippen molar-refractivity contribution in [2.45, 2.75) is 64.7 Å². The van der Waals surface area contributed by atoms with Crippen LogP contribution in [0, 0.1) is 5.92 Å². The number of carboxylic acid groups (broad SMARTS) is 2. The summed E-state index contributed by atoms with van der Waals surface area (Å²) in [5.41, 5.74) is 0. The van der Waals surface area contributed by atoms with Gasteiger partial charge in [0.05, 0.1) is 12.3 Å². The fourth-order valence-electron chi connectivity index (χ4n) is 1.98. The fraction of sp³-hybridized carbons (Fsp3) is 0.647. The number of rotatable bonds is 13. The van der Waals surface area contributed by atoms with Crippen LogP contribution in [0.1, 0.15) is 64.7 Å². The molecule has 0 amide bonds. The maximum absolute atomic E-state index is 10.8. The van der Waals surface area contributed by atoms with Crippen LogP contribution in [0.4, 0.5) is 0 Å². The van der Waals surface area contributed by atoms with Gasteiger partial charge in [-0.3, -0.25) is 9.59 Å². The van der Waals surface area contributed by atoms with Gasteiger partial charge in [-0.15, -0.1) is 0 Å². The van der Waals surface area contributed by atoms with Crippen molar-refractivity contribution in [1.82, 2.24) is 0 Å². The summed E-state index contributed by atoms with van der Waals surface area (Å²) < 4.78 is 0. The van der Waals surface area contributed by atoms with Crippen LogP contribution in [0.15, 0.2) is 24.3 Å². The minimum absolute atomic E-state index is 0.280. The highest BCUT2D eigenvalue weighted by atomic mass is 16.4. The van der Waals surface area contributed by atoms with Crippen LogP contribution in [-0.4, -0.2) is 22.2 Å². The van der Waals surface area contributed by atoms with Gasteiger partial charge in [-0.2, -0.15) is 0 Å². The molecule has 0 aliphatic carbocycles. The molecule has 0 radical (unpaired) electrons. The van der Waals surface area contributed by atoms with E-state index in [2.05, 4.69) is 19.1 Å². The number of carbonyl (C=O) groups is 2. The topological polar surface area (TPSA) is 74.6 Å². The Balaban J connectivity index is 3.68. The summed E-state index contributed by atoms with van der Waals surface area (Å²) in [7, 11) is 0. The molecule has 0 aliphatic rings. The molecule has 0 saturated heterocycles. The number of unbranched alkanes of at least 4 members (excludes halogenated alkanes) is 5. The van der Waals surface area contributed by atoms with E-state index in [1.807, 2.05) is 6.08 Å². The van der Waals surface area contributed by atoms with Crippen molar-refractivity contribution in [3.05, 3.63) is 24.3 Å². The smallest absolute Gasteiger partial charge is 0.307 e. The van der Waals surface area contributed by atoms with Crippen molar-refractivity contribution in [2.75, 3.05) is 0 Å². The van der Waals surface area contributed by atoms with Crippen LogP contribution in [0.5, 0.6) is 0 Å². The minimum atomic E-state index is -1.07. The molecule has 0 rings (SSSR count). The molecule has 120 valence electrons. The molecule has 4 nitrogen and oxygen atoms in total. The maximum Gasteiger partial charge on any atom is 0.307 e. The SMILES string of the molecule is CCCCCC/C=C/CC/C=C/CC(CC(=O)O)C(=O)O. The summed E-state index contributed by atoms with van der Waals surface area (Å²) in [6.07, 6.45) is 16.1. The zero-order chi connectivity index (χ0) is 15.9. The highest BCUT2D eigenvalue weighted by Crippen LogP contribution is 2.10. The molecule has 0 aromatic heterocycles. The highest BCUT2D eigenvalue weighted by Gasteiger charge is 2.18. The lowest BCUT2D eigenvalue weighted by Gasteiger charge is -2.05. The lowest BCUT2D eigenvalue weighted by Crippen LogP contribution is -2.16. The van der Waals surface area contributed by atoms with E-state index < -0.39 is 17.9 Å². The molecule has 0 aliphatic heterocycles. The van der Waals surface area contributed by atoms with E-state index in [9.17, 15) is 9.59 Å². The van der Waals surface area contributed by atoms with Crippen molar-refractivity contribution in [1.29, 1.82) is 0 Å². The second-order valence-electron chi connectivity index (χ2n) is 5.24. The Bertz CT molecular complexity index is 345. The van der Waals surface area contributed by atoms with Gasteiger partial charge in [0.25, 0.3) is 0 Å². The predicted octanol–water partition coefficient (Wildman–Crippen LogP) is 4.42. The molecule has 2 N–H and O–H groups in total. The Labute approximate surface area is 127 Å². The number of allylic oxidation sites excluding steroid dienone is 4. The van der Waals surface area contributed by atoms with Crippen molar-refractivity contribution in [3.8, 4) is 0 Å². The molecule has 0 aromatic carbocycles. The highest BCUT2D eigenvalue weighted by molar-refractivity contribution is 5.77. The first-order chi connectivity index (χ1) is 10.1. The van der Waals surface area contributed by atoms with Gasteiger partial charge in [0, 0.05) is 0 Å². The summed E-state index contributed by atoms with van der Waals surface area (Å²) in [5.74, 6) is -2.94. The molecule has 21 heavy (non-hydrogen) atoms. The third-order valence-electron chi connectivity index (χ3n) is 3.25. The van der Waals surface area contributed by atoms with Gasteiger partial charge in [-0.1, -0.05) is 50.5 Å². The summed E-state index contributed by atoms with van der Waals surface area (Å²) in [4.78, 5) is 21.4. The predicted molar refractivity (Wildman–Crippen MR) is 84.3 cm³/mol. The standard InChI is InChI=1S/C17H28O4/c1-2-3-4-5-6-7-8-9-10-11-12-13-15(17(20)21)14-16(18)19/h7-8,11-12,15H,2-6,9-10,13-14H2,1H3,(H,18,19)(H,20,21)/b8-7+,12-11+. The van der Waals surface area contributed by atoms with E-state index in [1.54, 1.807) is 6.08 Å². The van der Waals surface area contributed by atoms with Gasteiger partial charge in [0.2, 0.25) is 0 Å². The Hall–Kier alpha value is -1.58. The summed E-state index contributed by atoms with van der Waals surface area (Å²) >= 11 is 0. The average Bonchev–Trinajstić information content (AvgIpc) is 2.42. The lowest BCUT2D eigenvalue weighted by atomic mass is 10.0. The van der Waals surface area contributed by atoms with Gasteiger partial charge < -0.3 is 10.2 Å². The maximum atomic E-state index is 10.8. The first-order valence-corrected chi connectivity index (χ1v) is 7.82. The van der Waals surface area contributed by atoms with Gasteiger partial charge in [-0.05, 0) is 32.1 Å². The Kier molecular flexibility index (Phi) is 12.4. The third kappa shape index (κ3) is 13.2. The number of hydrogen-bond acceptors (Lipinski definition) is 2. The number of aliphatic carboxylic acids is 2. The van der Waals surface area contributed by atoms with Crippen LogP contribution >= 0.6 is 0 Å². The second kappa shape index (κ2) is 13.4. The van der Waals surface area contributed by atoms with Crippen molar-refractivity contribution in [2.24, 2.45) is 5.92 Å². The first-order valence-electron chi connectivity index (χ1n) is 7.82. The summed E-state index contributed by atoms with van der Waals surface area (Å²) in [5, 5.41) is 17.5. The van der Waals surface area contributed by atoms with E-state index in [0.717, 1.165) is 19.3 Å². The molecule has 0 bridgehead atoms. The molecule has 4 heteroatoms. The minimum Gasteiger partial charge on any atom is -0.481 e. The normalized spacial score (nSPS) is 13.0. The van der Waals surface area contributed by atoms with Crippen LogP contribution < -0.4 is 0 Å². The van der Waals surface area contributed by atoms with Crippen LogP contribution in [0.25, 0.3) is 0 Å². The van der Waals surface area contributed by atoms with E-state index in [0.29, 0.717) is 0 Å². The summed E-state index contributed by atoms with van der Waals surface area (Å²) in [6, 6.07) is 0. The van der Waals surface area contributed by atoms with Crippen LogP contribution in [0.2, 0.25) is 0 Å². The van der Waals surface area contributed by atoms with Crippen molar-refractivity contribution >= 4 is 11.9 Å². The van der Waals surface area contributed by atoms with E-state index in [4.69, 9.17) is 10.2 Å². The van der Waals surface area contributed by atoms with Gasteiger partial charge >= 0.3 is 11.9 Å². The third-order valence-corrected chi connectivity index (χ3v) is 3.25. The molecule has 0 fully saturated rings. The molecule has 0 saturated carbocycles. The second-order valence-corrected chi connectivity index (χ2v) is 5.24. The largest absolute Gasteiger partial charge is 0.481 e. The van der Waals surface area contributed by atoms with Crippen molar-refractivity contribution < 1.29 is 19.8 Å². The monoisotopic (exact) mass is 296 g/mol. The lowest BCUT2D eigenvalue weighted by molar-refractivity contribution is -0.148. The Morgan fingerprint density at radius 3 is 2.10 bits per heavy atom. The van der Waals surface area contributed by atoms with E-state index in [-0.39, 0.29) is 12.8 Å². The first kappa shape index (κ1) is 19.4. The van der Waals surface area contributed by atoms with Gasteiger partial charge in [0.15, 0.2) is 0 Å². The average molecular weight is 296 g/mol. The van der Waals surface area contributed by atoms with Crippen LogP contribution in [-0.2, 0) is 9.59 Å². The van der Waals surface area contributed by atoms with Crippen molar-refractivity contribution in [3.63, 3.8) is 0 Å². The number of carboxylic acids is 2. The zero-order valence-corrected chi connectivity index (χ0v) is 13.0. The van der Waals surface area contributed by atoms with Crippen LogP contribution in [0.3, 0.4) is 0 Å². The molecular weight excluding hydrogens is 268 g/mol. The molecule has 0 spiro atoms. The van der Waals surface area contributed by atoms with E-state index >= 15 is 0 Å². The fourth-order valence-corrected chi connectivity index (χ4v) is 1.98. The molecule has 0 heterocycles. The van der Waals surface area contributed by atoms with Gasteiger partial charge in [-0.25, -0.2) is 0 Å². The summed E-state index contributed by atoms with van der Waals surface area (Å²) in [6.45, 7) is 2.20.